The van der Waals surface area contributed by atoms with Crippen molar-refractivity contribution in [2.75, 3.05) is 12.0 Å². The van der Waals surface area contributed by atoms with Gasteiger partial charge in [-0.05, 0) is 66.8 Å². The molecule has 0 spiro atoms. The molecule has 0 atom stereocenters. The maximum absolute atomic E-state index is 13.1. The first-order valence-corrected chi connectivity index (χ1v) is 9.27. The van der Waals surface area contributed by atoms with E-state index in [1.807, 2.05) is 53.2 Å². The number of aromatic nitrogens is 1. The summed E-state index contributed by atoms with van der Waals surface area (Å²) in [4.78, 5) is 27.0. The Hall–Kier alpha value is -3.71. The Balaban J connectivity index is 1.72. The molecule has 1 N–H and O–H groups in total. The maximum Gasteiger partial charge on any atom is 0.270 e. The van der Waals surface area contributed by atoms with Crippen LogP contribution in [0.25, 0.3) is 11.8 Å². The molecular formula is C22H17N3O3S. The van der Waals surface area contributed by atoms with E-state index >= 15 is 0 Å². The molecule has 2 aromatic carbocycles. The minimum atomic E-state index is -0.523. The smallest absolute Gasteiger partial charge is 0.270 e. The fourth-order valence-electron chi connectivity index (χ4n) is 3.11. The Morgan fingerprint density at radius 3 is 2.34 bits per heavy atom. The predicted molar refractivity (Wildman–Crippen MR) is 115 cm³/mol. The van der Waals surface area contributed by atoms with E-state index in [-0.39, 0.29) is 10.7 Å². The third-order valence-electron chi connectivity index (χ3n) is 4.54. The first-order valence-electron chi connectivity index (χ1n) is 8.87. The number of para-hydroxylation sites is 1. The number of amides is 2. The molecule has 7 heteroatoms. The van der Waals surface area contributed by atoms with Gasteiger partial charge in [0.05, 0.1) is 12.8 Å². The summed E-state index contributed by atoms with van der Waals surface area (Å²) in [6.45, 7) is 0. The lowest BCUT2D eigenvalue weighted by Gasteiger charge is -2.29. The minimum absolute atomic E-state index is 0.00491. The van der Waals surface area contributed by atoms with Crippen molar-refractivity contribution >= 4 is 40.9 Å². The third-order valence-corrected chi connectivity index (χ3v) is 4.82. The molecule has 1 fully saturated rings. The van der Waals surface area contributed by atoms with E-state index in [1.54, 1.807) is 37.5 Å². The second-order valence-electron chi connectivity index (χ2n) is 6.29. The molecule has 144 valence electrons. The summed E-state index contributed by atoms with van der Waals surface area (Å²) in [6, 6.07) is 20.3. The number of carbonyl (C=O) groups excluding carboxylic acids is 2. The molecule has 1 saturated heterocycles. The number of hydrogen-bond donors (Lipinski definition) is 1. The Kier molecular flexibility index (Phi) is 4.97. The number of anilines is 1. The zero-order valence-corrected chi connectivity index (χ0v) is 16.3. The molecule has 4 rings (SSSR count). The van der Waals surface area contributed by atoms with Crippen molar-refractivity contribution in [1.29, 1.82) is 0 Å². The average Bonchev–Trinajstić information content (AvgIpc) is 3.20. The van der Waals surface area contributed by atoms with E-state index < -0.39 is 11.8 Å². The molecule has 29 heavy (non-hydrogen) atoms. The molecule has 6 nitrogen and oxygen atoms in total. The van der Waals surface area contributed by atoms with E-state index in [2.05, 4.69) is 5.32 Å². The normalized spacial score (nSPS) is 15.6. The zero-order chi connectivity index (χ0) is 20.4. The summed E-state index contributed by atoms with van der Waals surface area (Å²) in [5, 5.41) is 2.64. The predicted octanol–water partition coefficient (Wildman–Crippen LogP) is 3.32. The molecule has 1 aliphatic heterocycles. The van der Waals surface area contributed by atoms with Gasteiger partial charge in [0.1, 0.15) is 11.3 Å². The van der Waals surface area contributed by atoms with E-state index in [0.717, 1.165) is 5.69 Å². The Labute approximate surface area is 173 Å². The average molecular weight is 403 g/mol. The highest BCUT2D eigenvalue weighted by molar-refractivity contribution is 7.80. The quantitative estimate of drug-likeness (QED) is 0.412. The summed E-state index contributed by atoms with van der Waals surface area (Å²) in [6.07, 6.45) is 3.45. The standard InChI is InChI=1S/C22H17N3O3S/c1-28-18-11-9-16(10-12-18)25-21(27)19(20(26)23-22(25)29)14-17-8-5-13-24(17)15-6-3-2-4-7-15/h2-14H,1H3,(H,23,26,29)/b19-14-. The van der Waals surface area contributed by atoms with Gasteiger partial charge in [-0.15, -0.1) is 0 Å². The SMILES string of the molecule is COc1ccc(N2C(=O)/C(=C\c3cccn3-c3ccccc3)C(=O)NC2=S)cc1. The highest BCUT2D eigenvalue weighted by Crippen LogP contribution is 2.25. The van der Waals surface area contributed by atoms with Crippen LogP contribution in [-0.2, 0) is 9.59 Å². The van der Waals surface area contributed by atoms with Crippen LogP contribution in [0, 0.1) is 0 Å². The second kappa shape index (κ2) is 7.73. The topological polar surface area (TPSA) is 63.6 Å². The largest absolute Gasteiger partial charge is 0.497 e. The van der Waals surface area contributed by atoms with Crippen LogP contribution >= 0.6 is 12.2 Å². The molecule has 2 amide bonds. The first-order chi connectivity index (χ1) is 14.1. The third kappa shape index (κ3) is 3.55. The van der Waals surface area contributed by atoms with Gasteiger partial charge in [0, 0.05) is 17.6 Å². The monoisotopic (exact) mass is 403 g/mol. The van der Waals surface area contributed by atoms with Gasteiger partial charge < -0.3 is 9.30 Å². The van der Waals surface area contributed by atoms with Gasteiger partial charge in [0.2, 0.25) is 0 Å². The summed E-state index contributed by atoms with van der Waals surface area (Å²) < 4.78 is 7.05. The molecule has 1 aromatic heterocycles. The molecule has 1 aliphatic rings. The van der Waals surface area contributed by atoms with Gasteiger partial charge in [-0.3, -0.25) is 19.8 Å². The fraction of sp³-hybridized carbons (Fsp3) is 0.0455. The maximum atomic E-state index is 13.1. The van der Waals surface area contributed by atoms with Crippen LogP contribution in [0.4, 0.5) is 5.69 Å². The van der Waals surface area contributed by atoms with Crippen molar-refractivity contribution in [2.24, 2.45) is 0 Å². The van der Waals surface area contributed by atoms with E-state index in [1.165, 1.54) is 4.90 Å². The van der Waals surface area contributed by atoms with Crippen molar-refractivity contribution in [3.8, 4) is 11.4 Å². The summed E-state index contributed by atoms with van der Waals surface area (Å²) in [7, 11) is 1.56. The molecule has 0 bridgehead atoms. The fourth-order valence-corrected chi connectivity index (χ4v) is 3.39. The highest BCUT2D eigenvalue weighted by Gasteiger charge is 2.34. The molecule has 0 radical (unpaired) electrons. The van der Waals surface area contributed by atoms with Crippen LogP contribution in [-0.4, -0.2) is 28.6 Å². The number of benzene rings is 2. The van der Waals surface area contributed by atoms with Crippen molar-refractivity contribution < 1.29 is 14.3 Å². The van der Waals surface area contributed by atoms with Gasteiger partial charge in [-0.2, -0.15) is 0 Å². The zero-order valence-electron chi connectivity index (χ0n) is 15.5. The number of methoxy groups -OCH3 is 1. The van der Waals surface area contributed by atoms with E-state index in [9.17, 15) is 9.59 Å². The van der Waals surface area contributed by atoms with Crippen molar-refractivity contribution in [3.63, 3.8) is 0 Å². The molecular weight excluding hydrogens is 386 g/mol. The van der Waals surface area contributed by atoms with Gasteiger partial charge in [0.25, 0.3) is 11.8 Å². The van der Waals surface area contributed by atoms with Gasteiger partial charge >= 0.3 is 0 Å². The number of ether oxygens (including phenoxy) is 1. The van der Waals surface area contributed by atoms with Crippen molar-refractivity contribution in [2.45, 2.75) is 0 Å². The van der Waals surface area contributed by atoms with E-state index in [4.69, 9.17) is 17.0 Å². The van der Waals surface area contributed by atoms with Gasteiger partial charge in [0.15, 0.2) is 5.11 Å². The van der Waals surface area contributed by atoms with Gasteiger partial charge in [-0.1, -0.05) is 18.2 Å². The van der Waals surface area contributed by atoms with E-state index in [0.29, 0.717) is 17.1 Å². The lowest BCUT2D eigenvalue weighted by Crippen LogP contribution is -2.54. The Morgan fingerprint density at radius 1 is 0.931 bits per heavy atom. The molecule has 2 heterocycles. The number of thiocarbonyl (C=S) groups is 1. The Morgan fingerprint density at radius 2 is 1.66 bits per heavy atom. The van der Waals surface area contributed by atoms with Crippen molar-refractivity contribution in [1.82, 2.24) is 9.88 Å². The van der Waals surface area contributed by atoms with Gasteiger partial charge in [-0.25, -0.2) is 0 Å². The summed E-state index contributed by atoms with van der Waals surface area (Å²) >= 11 is 5.24. The number of carbonyl (C=O) groups is 2. The molecule has 0 saturated carbocycles. The molecule has 3 aromatic rings. The minimum Gasteiger partial charge on any atom is -0.497 e. The summed E-state index contributed by atoms with van der Waals surface area (Å²) in [5.41, 5.74) is 2.18. The lowest BCUT2D eigenvalue weighted by atomic mass is 10.1. The van der Waals surface area contributed by atoms with Crippen LogP contribution in [0.5, 0.6) is 5.75 Å². The number of nitrogens with zero attached hydrogens (tertiary/aromatic N) is 2. The van der Waals surface area contributed by atoms with Crippen molar-refractivity contribution in [3.05, 3.63) is 84.2 Å². The highest BCUT2D eigenvalue weighted by atomic mass is 32.1. The lowest BCUT2D eigenvalue weighted by molar-refractivity contribution is -0.122. The number of hydrogen-bond acceptors (Lipinski definition) is 4. The second-order valence-corrected chi connectivity index (χ2v) is 6.68. The van der Waals surface area contributed by atoms with Crippen LogP contribution in [0.1, 0.15) is 5.69 Å². The molecule has 0 unspecified atom stereocenters. The molecule has 0 aliphatic carbocycles. The first kappa shape index (κ1) is 18.6. The van der Waals surface area contributed by atoms with Crippen LogP contribution in [0.3, 0.4) is 0 Å². The number of rotatable bonds is 4. The summed E-state index contributed by atoms with van der Waals surface area (Å²) in [5.74, 6) is -0.347. The van der Waals surface area contributed by atoms with Crippen LogP contribution < -0.4 is 15.0 Å². The van der Waals surface area contributed by atoms with Crippen LogP contribution in [0.2, 0.25) is 0 Å². The Bertz CT molecular complexity index is 1120. The number of nitrogens with one attached hydrogen (secondary N) is 1. The van der Waals surface area contributed by atoms with Crippen LogP contribution in [0.15, 0.2) is 78.5 Å².